The average Bonchev–Trinajstić information content (AvgIpc) is 2.44. The molecule has 2 rings (SSSR count). The molecule has 1 heterocycles. The summed E-state index contributed by atoms with van der Waals surface area (Å²) in [5, 5.41) is 11.0. The second-order valence-corrected chi connectivity index (χ2v) is 11.9. The van der Waals surface area contributed by atoms with Crippen LogP contribution in [0.5, 0.6) is 5.75 Å². The van der Waals surface area contributed by atoms with E-state index in [1.807, 2.05) is 0 Å². The number of hydrogen-bond donors (Lipinski definition) is 0. The molecule has 0 fully saturated rings. The Morgan fingerprint density at radius 2 is 2.04 bits per heavy atom. The molecule has 7 nitrogen and oxygen atoms in total. The van der Waals surface area contributed by atoms with E-state index in [1.165, 1.54) is 23.1 Å². The van der Waals surface area contributed by atoms with E-state index in [9.17, 15) is 14.9 Å². The van der Waals surface area contributed by atoms with Crippen molar-refractivity contribution in [2.24, 2.45) is 0 Å². The highest BCUT2D eigenvalue weighted by atomic mass is 28.4. The summed E-state index contributed by atoms with van der Waals surface area (Å²) in [4.78, 5) is 24.1. The highest BCUT2D eigenvalue weighted by molar-refractivity contribution is 6.74. The fraction of sp³-hybridized carbons (Fsp3) is 0.533. The van der Waals surface area contributed by atoms with Gasteiger partial charge in [-0.05, 0) is 24.2 Å². The Hall–Kier alpha value is -1.93. The van der Waals surface area contributed by atoms with E-state index in [0.717, 1.165) is 0 Å². The second-order valence-electron chi connectivity index (χ2n) is 7.05. The number of rotatable bonds is 4. The lowest BCUT2D eigenvalue weighted by Gasteiger charge is -2.38. The van der Waals surface area contributed by atoms with Crippen molar-refractivity contribution in [1.82, 2.24) is 0 Å². The Kier molecular flexibility index (Phi) is 4.49. The van der Waals surface area contributed by atoms with Gasteiger partial charge >= 0.3 is 0 Å². The maximum absolute atomic E-state index is 12.2. The molecule has 0 aromatic heterocycles. The first-order chi connectivity index (χ1) is 10.5. The van der Waals surface area contributed by atoms with Crippen LogP contribution in [0.4, 0.5) is 11.4 Å². The smallest absolute Gasteiger partial charge is 0.271 e. The molecule has 0 radical (unpaired) electrons. The molecule has 23 heavy (non-hydrogen) atoms. The first kappa shape index (κ1) is 17.4. The number of carbonyl (C=O) groups is 1. The third-order valence-electron chi connectivity index (χ3n) is 4.46. The molecule has 0 aliphatic carbocycles. The predicted molar refractivity (Wildman–Crippen MR) is 89.2 cm³/mol. The Balaban J connectivity index is 2.28. The van der Waals surface area contributed by atoms with Crippen LogP contribution in [0, 0.1) is 10.1 Å². The third kappa shape index (κ3) is 3.53. The van der Waals surface area contributed by atoms with Crippen LogP contribution in [0.1, 0.15) is 20.8 Å². The van der Waals surface area contributed by atoms with Gasteiger partial charge in [0.25, 0.3) is 11.6 Å². The van der Waals surface area contributed by atoms with E-state index in [4.69, 9.17) is 9.16 Å². The van der Waals surface area contributed by atoms with Crippen molar-refractivity contribution in [3.8, 4) is 5.75 Å². The van der Waals surface area contributed by atoms with Crippen molar-refractivity contribution in [3.63, 3.8) is 0 Å². The average molecular weight is 338 g/mol. The topological polar surface area (TPSA) is 81.9 Å². The van der Waals surface area contributed by atoms with E-state index in [-0.39, 0.29) is 30.0 Å². The van der Waals surface area contributed by atoms with Crippen LogP contribution in [0.25, 0.3) is 0 Å². The number of non-ortho nitro benzene ring substituents is 1. The van der Waals surface area contributed by atoms with Crippen molar-refractivity contribution in [3.05, 3.63) is 28.3 Å². The number of fused-ring (bicyclic) bond motifs is 1. The number of amides is 1. The van der Waals surface area contributed by atoms with Crippen LogP contribution in [0.2, 0.25) is 18.1 Å². The van der Waals surface area contributed by atoms with Crippen molar-refractivity contribution in [2.75, 3.05) is 18.2 Å². The molecule has 0 spiro atoms. The number of nitro benzene ring substituents is 1. The van der Waals surface area contributed by atoms with Crippen molar-refractivity contribution >= 4 is 25.6 Å². The maximum Gasteiger partial charge on any atom is 0.271 e. The Morgan fingerprint density at radius 1 is 1.39 bits per heavy atom. The van der Waals surface area contributed by atoms with E-state index in [2.05, 4.69) is 33.9 Å². The maximum atomic E-state index is 12.2. The van der Waals surface area contributed by atoms with Crippen LogP contribution in [-0.4, -0.2) is 32.5 Å². The predicted octanol–water partition coefficient (Wildman–Crippen LogP) is 3.30. The first-order valence-corrected chi connectivity index (χ1v) is 10.3. The molecule has 0 saturated carbocycles. The first-order valence-electron chi connectivity index (χ1n) is 7.38. The molecule has 1 aliphatic heterocycles. The summed E-state index contributed by atoms with van der Waals surface area (Å²) < 4.78 is 11.4. The highest BCUT2D eigenvalue weighted by Gasteiger charge is 2.38. The lowest BCUT2D eigenvalue weighted by atomic mass is 10.2. The zero-order valence-corrected chi connectivity index (χ0v) is 15.1. The van der Waals surface area contributed by atoms with Crippen LogP contribution in [0.15, 0.2) is 18.2 Å². The molecule has 1 aromatic rings. The summed E-state index contributed by atoms with van der Waals surface area (Å²) in [6.07, 6.45) is 0. The fourth-order valence-corrected chi connectivity index (χ4v) is 2.77. The zero-order valence-electron chi connectivity index (χ0n) is 14.1. The minimum absolute atomic E-state index is 0.00779. The van der Waals surface area contributed by atoms with Gasteiger partial charge in [-0.3, -0.25) is 19.8 Å². The zero-order chi connectivity index (χ0) is 17.4. The van der Waals surface area contributed by atoms with Gasteiger partial charge in [-0.25, -0.2) is 0 Å². The number of carbonyl (C=O) groups excluding carboxylic acids is 1. The fourth-order valence-electron chi connectivity index (χ4n) is 1.89. The van der Waals surface area contributed by atoms with Gasteiger partial charge in [-0.1, -0.05) is 20.8 Å². The molecule has 1 amide bonds. The largest absolute Gasteiger partial charge is 0.482 e. The number of nitrogens with zero attached hydrogens (tertiary/aromatic N) is 2. The molecular formula is C15H22N2O5Si. The molecule has 1 aliphatic rings. The van der Waals surface area contributed by atoms with Gasteiger partial charge in [0, 0.05) is 12.1 Å². The number of hydrogen-bond acceptors (Lipinski definition) is 5. The second kappa shape index (κ2) is 5.93. The lowest BCUT2D eigenvalue weighted by molar-refractivity contribution is -0.384. The van der Waals surface area contributed by atoms with Gasteiger partial charge in [0.15, 0.2) is 14.9 Å². The standard InChI is InChI=1S/C15H22N2O5Si/c1-15(2,3)23(4,5)22-10-16-12-8-11(17(19)20)6-7-13(12)21-9-14(16)18/h6-8H,9-10H2,1-5H3. The van der Waals surface area contributed by atoms with Crippen molar-refractivity contribution in [2.45, 2.75) is 38.9 Å². The summed E-state index contributed by atoms with van der Waals surface area (Å²) in [5.74, 6) is 0.186. The van der Waals surface area contributed by atoms with Gasteiger partial charge < -0.3 is 9.16 Å². The van der Waals surface area contributed by atoms with Gasteiger partial charge in [0.05, 0.1) is 10.6 Å². The summed E-state index contributed by atoms with van der Waals surface area (Å²) in [6, 6.07) is 4.22. The highest BCUT2D eigenvalue weighted by Crippen LogP contribution is 2.39. The third-order valence-corrected chi connectivity index (χ3v) is 8.92. The number of ether oxygens (including phenoxy) is 1. The molecular weight excluding hydrogens is 316 g/mol. The van der Waals surface area contributed by atoms with Crippen molar-refractivity contribution in [1.29, 1.82) is 0 Å². The molecule has 126 valence electrons. The summed E-state index contributed by atoms with van der Waals surface area (Å²) in [6.45, 7) is 10.5. The Labute approximate surface area is 136 Å². The molecule has 0 N–H and O–H groups in total. The van der Waals surface area contributed by atoms with Gasteiger partial charge in [-0.2, -0.15) is 0 Å². The van der Waals surface area contributed by atoms with Gasteiger partial charge in [0.1, 0.15) is 12.5 Å². The molecule has 0 saturated heterocycles. The summed E-state index contributed by atoms with van der Waals surface area (Å²) in [5.41, 5.74) is 0.300. The van der Waals surface area contributed by atoms with Crippen molar-refractivity contribution < 1.29 is 18.9 Å². The van der Waals surface area contributed by atoms with Crippen LogP contribution >= 0.6 is 0 Å². The molecule has 0 bridgehead atoms. The lowest BCUT2D eigenvalue weighted by Crippen LogP contribution is -2.47. The number of nitro groups is 1. The van der Waals surface area contributed by atoms with Gasteiger partial charge in [0.2, 0.25) is 0 Å². The Bertz CT molecular complexity index is 639. The van der Waals surface area contributed by atoms with Gasteiger partial charge in [-0.15, -0.1) is 0 Å². The van der Waals surface area contributed by atoms with E-state index in [1.54, 1.807) is 0 Å². The van der Waals surface area contributed by atoms with Crippen LogP contribution < -0.4 is 9.64 Å². The number of benzene rings is 1. The monoisotopic (exact) mass is 338 g/mol. The number of anilines is 1. The van der Waals surface area contributed by atoms with Crippen LogP contribution in [-0.2, 0) is 9.22 Å². The molecule has 0 unspecified atom stereocenters. The summed E-state index contributed by atoms with van der Waals surface area (Å²) >= 11 is 0. The van der Waals surface area contributed by atoms with Crippen LogP contribution in [0.3, 0.4) is 0 Å². The summed E-state index contributed by atoms with van der Waals surface area (Å²) in [7, 11) is -2.04. The normalized spacial score (nSPS) is 15.2. The van der Waals surface area contributed by atoms with E-state index in [0.29, 0.717) is 11.4 Å². The minimum atomic E-state index is -2.04. The SMILES string of the molecule is CC(C)(C)[Si](C)(C)OCN1C(=O)COc2ccc([N+](=O)[O-])cc21. The Morgan fingerprint density at radius 3 is 2.61 bits per heavy atom. The quantitative estimate of drug-likeness (QED) is 0.478. The van der Waals surface area contributed by atoms with E-state index < -0.39 is 13.2 Å². The minimum Gasteiger partial charge on any atom is -0.482 e. The van der Waals surface area contributed by atoms with E-state index >= 15 is 0 Å². The molecule has 8 heteroatoms. The molecule has 0 atom stereocenters. The molecule has 1 aromatic carbocycles.